The van der Waals surface area contributed by atoms with E-state index in [9.17, 15) is 4.79 Å². The van der Waals surface area contributed by atoms with Crippen molar-refractivity contribution in [2.75, 3.05) is 27.3 Å². The average Bonchev–Trinajstić information content (AvgIpc) is 2.74. The number of nitrogens with one attached hydrogen (secondary N) is 1. The smallest absolute Gasteiger partial charge is 0.224 e. The highest BCUT2D eigenvalue weighted by molar-refractivity contribution is 5.78. The first-order chi connectivity index (χ1) is 13.6. The van der Waals surface area contributed by atoms with Crippen molar-refractivity contribution in [2.45, 2.75) is 32.4 Å². The summed E-state index contributed by atoms with van der Waals surface area (Å²) in [7, 11) is 3.33. The molecular formula is C23H30N2O3. The molecule has 2 unspecified atom stereocenters. The molecule has 1 aliphatic rings. The normalized spacial score (nSPS) is 19.8. The zero-order valence-corrected chi connectivity index (χ0v) is 17.0. The van der Waals surface area contributed by atoms with E-state index in [-0.39, 0.29) is 11.8 Å². The molecule has 0 aliphatic carbocycles. The summed E-state index contributed by atoms with van der Waals surface area (Å²) < 4.78 is 10.9. The Bertz CT molecular complexity index is 756. The molecule has 1 amide bonds. The van der Waals surface area contributed by atoms with Crippen molar-refractivity contribution in [1.82, 2.24) is 10.2 Å². The van der Waals surface area contributed by atoms with Gasteiger partial charge in [0.2, 0.25) is 5.91 Å². The number of carbonyl (C=O) groups is 1. The van der Waals surface area contributed by atoms with Crippen LogP contribution in [0.15, 0.2) is 48.5 Å². The zero-order valence-electron chi connectivity index (χ0n) is 17.0. The molecule has 0 saturated carbocycles. The van der Waals surface area contributed by atoms with Gasteiger partial charge in [0.15, 0.2) is 0 Å². The van der Waals surface area contributed by atoms with Gasteiger partial charge in [0.05, 0.1) is 20.1 Å². The maximum Gasteiger partial charge on any atom is 0.224 e. The van der Waals surface area contributed by atoms with Gasteiger partial charge in [0.1, 0.15) is 11.5 Å². The first kappa shape index (κ1) is 20.2. The van der Waals surface area contributed by atoms with Crippen molar-refractivity contribution in [3.8, 4) is 11.5 Å². The van der Waals surface area contributed by atoms with Crippen molar-refractivity contribution < 1.29 is 14.3 Å². The second kappa shape index (κ2) is 9.60. The van der Waals surface area contributed by atoms with Crippen LogP contribution in [0.3, 0.4) is 0 Å². The van der Waals surface area contributed by atoms with Crippen LogP contribution in [0, 0.1) is 5.92 Å². The molecule has 1 N–H and O–H groups in total. The van der Waals surface area contributed by atoms with E-state index in [1.54, 1.807) is 14.2 Å². The Morgan fingerprint density at radius 3 is 2.36 bits per heavy atom. The standard InChI is InChI=1S/C23H30N2O3/c1-4-24-23(26)19-10-11-22(18-8-6-5-7-9-18)25(16-19)15-17-12-20(27-2)14-21(13-17)28-3/h5-9,12-14,19,22H,4,10-11,15-16H2,1-3H3,(H,24,26). The molecule has 1 heterocycles. The average molecular weight is 383 g/mol. The Kier molecular flexibility index (Phi) is 6.93. The molecule has 1 fully saturated rings. The predicted molar refractivity (Wildman–Crippen MR) is 111 cm³/mol. The lowest BCUT2D eigenvalue weighted by Gasteiger charge is -2.39. The summed E-state index contributed by atoms with van der Waals surface area (Å²) in [6, 6.07) is 16.8. The summed E-state index contributed by atoms with van der Waals surface area (Å²) in [5, 5.41) is 2.99. The summed E-state index contributed by atoms with van der Waals surface area (Å²) in [5.41, 5.74) is 2.42. The molecule has 2 aromatic rings. The van der Waals surface area contributed by atoms with Gasteiger partial charge in [-0.1, -0.05) is 30.3 Å². The number of piperidine rings is 1. The number of likely N-dealkylation sites (tertiary alicyclic amines) is 1. The van der Waals surface area contributed by atoms with Crippen molar-refractivity contribution in [1.29, 1.82) is 0 Å². The molecule has 0 spiro atoms. The van der Waals surface area contributed by atoms with Gasteiger partial charge >= 0.3 is 0 Å². The van der Waals surface area contributed by atoms with E-state index >= 15 is 0 Å². The minimum absolute atomic E-state index is 0.0208. The van der Waals surface area contributed by atoms with Crippen LogP contribution in [0.2, 0.25) is 0 Å². The molecule has 2 aromatic carbocycles. The van der Waals surface area contributed by atoms with E-state index in [0.29, 0.717) is 12.6 Å². The number of hydrogen-bond donors (Lipinski definition) is 1. The number of benzene rings is 2. The molecule has 0 aromatic heterocycles. The zero-order chi connectivity index (χ0) is 19.9. The van der Waals surface area contributed by atoms with Gasteiger partial charge in [0.25, 0.3) is 0 Å². The summed E-state index contributed by atoms with van der Waals surface area (Å²) >= 11 is 0. The molecule has 3 rings (SSSR count). The van der Waals surface area contributed by atoms with Gasteiger partial charge in [0, 0.05) is 31.7 Å². The number of nitrogens with zero attached hydrogens (tertiary/aromatic N) is 1. The third-order valence-electron chi connectivity index (χ3n) is 5.39. The number of carbonyl (C=O) groups excluding carboxylic acids is 1. The quantitative estimate of drug-likeness (QED) is 0.792. The fraction of sp³-hybridized carbons (Fsp3) is 0.435. The lowest BCUT2D eigenvalue weighted by molar-refractivity contribution is -0.127. The molecule has 5 heteroatoms. The summed E-state index contributed by atoms with van der Waals surface area (Å²) in [5.74, 6) is 1.74. The Labute approximate surface area is 167 Å². The Balaban J connectivity index is 1.86. The molecule has 2 atom stereocenters. The third kappa shape index (κ3) is 4.84. The predicted octanol–water partition coefficient (Wildman–Crippen LogP) is 3.79. The van der Waals surface area contributed by atoms with Crippen LogP contribution in [0.5, 0.6) is 11.5 Å². The van der Waals surface area contributed by atoms with Gasteiger partial charge in [-0.05, 0) is 43.0 Å². The maximum absolute atomic E-state index is 12.5. The van der Waals surface area contributed by atoms with Crippen LogP contribution >= 0.6 is 0 Å². The molecule has 5 nitrogen and oxygen atoms in total. The minimum Gasteiger partial charge on any atom is -0.497 e. The highest BCUT2D eigenvalue weighted by Gasteiger charge is 2.32. The first-order valence-corrected chi connectivity index (χ1v) is 9.93. The number of amides is 1. The fourth-order valence-electron chi connectivity index (χ4n) is 4.00. The highest BCUT2D eigenvalue weighted by Crippen LogP contribution is 2.35. The van der Waals surface area contributed by atoms with Gasteiger partial charge in [-0.3, -0.25) is 9.69 Å². The Morgan fingerprint density at radius 1 is 1.07 bits per heavy atom. The van der Waals surface area contributed by atoms with Gasteiger partial charge in [-0.2, -0.15) is 0 Å². The monoisotopic (exact) mass is 382 g/mol. The minimum atomic E-state index is 0.0208. The van der Waals surface area contributed by atoms with Crippen molar-refractivity contribution in [2.24, 2.45) is 5.92 Å². The van der Waals surface area contributed by atoms with E-state index in [4.69, 9.17) is 9.47 Å². The van der Waals surface area contributed by atoms with E-state index in [0.717, 1.165) is 43.0 Å². The van der Waals surface area contributed by atoms with E-state index in [1.807, 2.05) is 31.2 Å². The van der Waals surface area contributed by atoms with Crippen molar-refractivity contribution in [3.05, 3.63) is 59.7 Å². The van der Waals surface area contributed by atoms with Crippen molar-refractivity contribution >= 4 is 5.91 Å². The molecule has 150 valence electrons. The van der Waals surface area contributed by atoms with E-state index in [2.05, 4.69) is 34.5 Å². The van der Waals surface area contributed by atoms with Crippen LogP contribution < -0.4 is 14.8 Å². The molecule has 28 heavy (non-hydrogen) atoms. The number of rotatable bonds is 7. The largest absolute Gasteiger partial charge is 0.497 e. The highest BCUT2D eigenvalue weighted by atomic mass is 16.5. The van der Waals surface area contributed by atoms with Gasteiger partial charge in [-0.15, -0.1) is 0 Å². The Morgan fingerprint density at radius 2 is 1.75 bits per heavy atom. The number of ether oxygens (including phenoxy) is 2. The first-order valence-electron chi connectivity index (χ1n) is 9.93. The number of hydrogen-bond acceptors (Lipinski definition) is 4. The molecule has 1 saturated heterocycles. The van der Waals surface area contributed by atoms with Crippen LogP contribution in [-0.2, 0) is 11.3 Å². The van der Waals surface area contributed by atoms with Crippen LogP contribution in [0.4, 0.5) is 0 Å². The summed E-state index contributed by atoms with van der Waals surface area (Å²) in [4.78, 5) is 14.9. The third-order valence-corrected chi connectivity index (χ3v) is 5.39. The van der Waals surface area contributed by atoms with E-state index < -0.39 is 0 Å². The maximum atomic E-state index is 12.5. The Hall–Kier alpha value is -2.53. The second-order valence-electron chi connectivity index (χ2n) is 7.25. The lowest BCUT2D eigenvalue weighted by atomic mass is 9.88. The summed E-state index contributed by atoms with van der Waals surface area (Å²) in [6.07, 6.45) is 1.87. The molecule has 0 radical (unpaired) electrons. The molecule has 1 aliphatic heterocycles. The van der Waals surface area contributed by atoms with E-state index in [1.165, 1.54) is 5.56 Å². The topological polar surface area (TPSA) is 50.8 Å². The second-order valence-corrected chi connectivity index (χ2v) is 7.25. The molecular weight excluding hydrogens is 352 g/mol. The summed E-state index contributed by atoms with van der Waals surface area (Å²) in [6.45, 7) is 4.12. The molecule has 0 bridgehead atoms. The van der Waals surface area contributed by atoms with Gasteiger partial charge < -0.3 is 14.8 Å². The SMILES string of the molecule is CCNC(=O)C1CCC(c2ccccc2)N(Cc2cc(OC)cc(OC)c2)C1. The fourth-order valence-corrected chi connectivity index (χ4v) is 4.00. The van der Waals surface area contributed by atoms with Crippen LogP contribution in [0.25, 0.3) is 0 Å². The van der Waals surface area contributed by atoms with Crippen LogP contribution in [-0.4, -0.2) is 38.1 Å². The number of methoxy groups -OCH3 is 2. The van der Waals surface area contributed by atoms with Crippen LogP contribution in [0.1, 0.15) is 36.9 Å². The lowest BCUT2D eigenvalue weighted by Crippen LogP contribution is -2.44. The van der Waals surface area contributed by atoms with Gasteiger partial charge in [-0.25, -0.2) is 0 Å². The van der Waals surface area contributed by atoms with Crippen molar-refractivity contribution in [3.63, 3.8) is 0 Å².